The highest BCUT2D eigenvalue weighted by Gasteiger charge is 2.23. The van der Waals surface area contributed by atoms with Crippen molar-refractivity contribution in [1.82, 2.24) is 14.9 Å². The fraction of sp³-hybridized carbons (Fsp3) is 0.429. The lowest BCUT2D eigenvalue weighted by molar-refractivity contribution is -0.121. The van der Waals surface area contributed by atoms with E-state index in [1.165, 1.54) is 0 Å². The number of nitrogens with one attached hydrogen (secondary N) is 1. The first-order valence-electron chi connectivity index (χ1n) is 6.66. The van der Waals surface area contributed by atoms with Gasteiger partial charge in [0.05, 0.1) is 11.0 Å². The Labute approximate surface area is 111 Å². The summed E-state index contributed by atoms with van der Waals surface area (Å²) in [6.07, 6.45) is 2.67. The predicted molar refractivity (Wildman–Crippen MR) is 74.7 cm³/mol. The standard InChI is InChI=1S/C14H18N4O/c1-9-3-2-4-11-13(9)17-14(15)18(11)8-7-12(19)16-10-5-6-10/h2-4,10H,5-8H2,1H3,(H2,15,17)(H,16,19). The number of para-hydroxylation sites is 1. The van der Waals surface area contributed by atoms with Crippen molar-refractivity contribution in [2.75, 3.05) is 5.73 Å². The van der Waals surface area contributed by atoms with Crippen LogP contribution in [0.4, 0.5) is 5.95 Å². The number of amides is 1. The van der Waals surface area contributed by atoms with Gasteiger partial charge in [0, 0.05) is 19.0 Å². The summed E-state index contributed by atoms with van der Waals surface area (Å²) in [6, 6.07) is 6.40. The molecule has 1 amide bonds. The number of nitrogens with two attached hydrogens (primary N) is 1. The minimum absolute atomic E-state index is 0.0939. The number of benzene rings is 1. The maximum atomic E-state index is 11.7. The number of nitrogen functional groups attached to an aromatic ring is 1. The van der Waals surface area contributed by atoms with Crippen molar-refractivity contribution in [3.05, 3.63) is 23.8 Å². The summed E-state index contributed by atoms with van der Waals surface area (Å²) in [6.45, 7) is 2.59. The Kier molecular flexibility index (Phi) is 2.89. The van der Waals surface area contributed by atoms with Crippen molar-refractivity contribution in [3.8, 4) is 0 Å². The molecule has 1 aliphatic rings. The van der Waals surface area contributed by atoms with Crippen LogP contribution in [0.3, 0.4) is 0 Å². The second-order valence-electron chi connectivity index (χ2n) is 5.16. The largest absolute Gasteiger partial charge is 0.369 e. The molecular formula is C14H18N4O. The average molecular weight is 258 g/mol. The number of hydrogen-bond donors (Lipinski definition) is 2. The van der Waals surface area contributed by atoms with Gasteiger partial charge >= 0.3 is 0 Å². The van der Waals surface area contributed by atoms with Gasteiger partial charge in [-0.25, -0.2) is 4.98 Å². The highest BCUT2D eigenvalue weighted by atomic mass is 16.1. The van der Waals surface area contributed by atoms with Gasteiger partial charge in [-0.2, -0.15) is 0 Å². The van der Waals surface area contributed by atoms with Gasteiger partial charge in [0.15, 0.2) is 0 Å². The third kappa shape index (κ3) is 2.41. The maximum absolute atomic E-state index is 11.7. The van der Waals surface area contributed by atoms with E-state index in [0.717, 1.165) is 29.4 Å². The van der Waals surface area contributed by atoms with Crippen molar-refractivity contribution < 1.29 is 4.79 Å². The molecule has 1 saturated carbocycles. The van der Waals surface area contributed by atoms with Gasteiger partial charge < -0.3 is 15.6 Å². The van der Waals surface area contributed by atoms with Crippen molar-refractivity contribution in [2.24, 2.45) is 0 Å². The molecule has 100 valence electrons. The molecule has 0 radical (unpaired) electrons. The van der Waals surface area contributed by atoms with Gasteiger partial charge in [-0.3, -0.25) is 4.79 Å². The lowest BCUT2D eigenvalue weighted by atomic mass is 10.2. The molecule has 0 atom stereocenters. The summed E-state index contributed by atoms with van der Waals surface area (Å²) in [5.74, 6) is 0.569. The third-order valence-electron chi connectivity index (χ3n) is 3.52. The van der Waals surface area contributed by atoms with E-state index >= 15 is 0 Å². The third-order valence-corrected chi connectivity index (χ3v) is 3.52. The van der Waals surface area contributed by atoms with Gasteiger partial charge in [0.25, 0.3) is 0 Å². The van der Waals surface area contributed by atoms with E-state index < -0.39 is 0 Å². The van der Waals surface area contributed by atoms with Crippen LogP contribution in [0, 0.1) is 6.92 Å². The highest BCUT2D eigenvalue weighted by molar-refractivity contribution is 5.82. The van der Waals surface area contributed by atoms with Crippen molar-refractivity contribution >= 4 is 22.9 Å². The second-order valence-corrected chi connectivity index (χ2v) is 5.16. The minimum atomic E-state index is 0.0939. The lowest BCUT2D eigenvalue weighted by Crippen LogP contribution is -2.26. The number of imidazole rings is 1. The van der Waals surface area contributed by atoms with Crippen LogP contribution in [0.1, 0.15) is 24.8 Å². The monoisotopic (exact) mass is 258 g/mol. The molecule has 3 rings (SSSR count). The fourth-order valence-corrected chi connectivity index (χ4v) is 2.28. The summed E-state index contributed by atoms with van der Waals surface area (Å²) in [4.78, 5) is 16.1. The SMILES string of the molecule is Cc1cccc2c1nc(N)n2CCC(=O)NC1CC1. The topological polar surface area (TPSA) is 72.9 Å². The number of nitrogens with zero attached hydrogens (tertiary/aromatic N) is 2. The zero-order chi connectivity index (χ0) is 13.4. The van der Waals surface area contributed by atoms with Crippen LogP contribution in [-0.2, 0) is 11.3 Å². The molecule has 0 unspecified atom stereocenters. The molecule has 1 aliphatic carbocycles. The Bertz CT molecular complexity index is 628. The summed E-state index contributed by atoms with van der Waals surface area (Å²) in [5, 5.41) is 2.98. The number of anilines is 1. The van der Waals surface area contributed by atoms with Crippen molar-refractivity contribution in [3.63, 3.8) is 0 Å². The van der Waals surface area contributed by atoms with Gasteiger partial charge in [0.2, 0.25) is 11.9 Å². The first kappa shape index (κ1) is 12.0. The molecule has 3 N–H and O–H groups in total. The van der Waals surface area contributed by atoms with E-state index in [1.54, 1.807) is 0 Å². The van der Waals surface area contributed by atoms with Crippen molar-refractivity contribution in [1.29, 1.82) is 0 Å². The van der Waals surface area contributed by atoms with Gasteiger partial charge in [-0.1, -0.05) is 12.1 Å². The number of aryl methyl sites for hydroxylation is 2. The molecule has 19 heavy (non-hydrogen) atoms. The number of aromatic nitrogens is 2. The van der Waals surface area contributed by atoms with Crippen LogP contribution in [0.2, 0.25) is 0 Å². The van der Waals surface area contributed by atoms with E-state index in [1.807, 2.05) is 29.7 Å². The number of fused-ring (bicyclic) bond motifs is 1. The molecule has 1 fully saturated rings. The molecule has 0 aliphatic heterocycles. The Balaban J connectivity index is 1.78. The van der Waals surface area contributed by atoms with Crippen LogP contribution in [0.15, 0.2) is 18.2 Å². The Morgan fingerprint density at radius 1 is 1.53 bits per heavy atom. The maximum Gasteiger partial charge on any atom is 0.222 e. The van der Waals surface area contributed by atoms with Crippen LogP contribution >= 0.6 is 0 Å². The Morgan fingerprint density at radius 3 is 3.05 bits per heavy atom. The van der Waals surface area contributed by atoms with Crippen LogP contribution in [-0.4, -0.2) is 21.5 Å². The highest BCUT2D eigenvalue weighted by Crippen LogP contribution is 2.22. The van der Waals surface area contributed by atoms with E-state index in [2.05, 4.69) is 10.3 Å². The number of hydrogen-bond acceptors (Lipinski definition) is 3. The summed E-state index contributed by atoms with van der Waals surface area (Å²) >= 11 is 0. The molecule has 1 heterocycles. The zero-order valence-electron chi connectivity index (χ0n) is 11.0. The molecule has 1 aromatic heterocycles. The molecule has 1 aromatic carbocycles. The molecule has 5 heteroatoms. The predicted octanol–water partition coefficient (Wildman–Crippen LogP) is 1.60. The molecule has 0 spiro atoms. The van der Waals surface area contributed by atoms with E-state index in [-0.39, 0.29) is 5.91 Å². The quantitative estimate of drug-likeness (QED) is 0.874. The first-order chi connectivity index (χ1) is 9.15. The van der Waals surface area contributed by atoms with E-state index in [4.69, 9.17) is 5.73 Å². The molecule has 0 saturated heterocycles. The number of carbonyl (C=O) groups is 1. The fourth-order valence-electron chi connectivity index (χ4n) is 2.28. The second kappa shape index (κ2) is 4.57. The molecular weight excluding hydrogens is 240 g/mol. The van der Waals surface area contributed by atoms with E-state index in [0.29, 0.717) is 25.0 Å². The van der Waals surface area contributed by atoms with Crippen LogP contribution in [0.25, 0.3) is 11.0 Å². The summed E-state index contributed by atoms with van der Waals surface area (Å²) in [5.41, 5.74) is 8.96. The van der Waals surface area contributed by atoms with Gasteiger partial charge in [-0.05, 0) is 31.4 Å². The number of carbonyl (C=O) groups excluding carboxylic acids is 1. The normalized spacial score (nSPS) is 14.8. The first-order valence-corrected chi connectivity index (χ1v) is 6.66. The Hall–Kier alpha value is -2.04. The Morgan fingerprint density at radius 2 is 2.32 bits per heavy atom. The zero-order valence-corrected chi connectivity index (χ0v) is 11.0. The van der Waals surface area contributed by atoms with Crippen LogP contribution in [0.5, 0.6) is 0 Å². The minimum Gasteiger partial charge on any atom is -0.369 e. The van der Waals surface area contributed by atoms with Crippen LogP contribution < -0.4 is 11.1 Å². The summed E-state index contributed by atoms with van der Waals surface area (Å²) in [7, 11) is 0. The lowest BCUT2D eigenvalue weighted by Gasteiger charge is -2.07. The van der Waals surface area contributed by atoms with Crippen molar-refractivity contribution in [2.45, 2.75) is 38.8 Å². The van der Waals surface area contributed by atoms with Gasteiger partial charge in [0.1, 0.15) is 0 Å². The number of rotatable bonds is 4. The molecule has 2 aromatic rings. The average Bonchev–Trinajstić information content (AvgIpc) is 3.11. The summed E-state index contributed by atoms with van der Waals surface area (Å²) < 4.78 is 1.91. The van der Waals surface area contributed by atoms with E-state index in [9.17, 15) is 4.79 Å². The van der Waals surface area contributed by atoms with Gasteiger partial charge in [-0.15, -0.1) is 0 Å². The molecule has 0 bridgehead atoms. The molecule has 5 nitrogen and oxygen atoms in total. The smallest absolute Gasteiger partial charge is 0.222 e.